The van der Waals surface area contributed by atoms with Crippen LogP contribution in [0.25, 0.3) is 22.3 Å². The Hall–Kier alpha value is -2.41. The van der Waals surface area contributed by atoms with E-state index in [1.165, 1.54) is 50.1 Å². The summed E-state index contributed by atoms with van der Waals surface area (Å²) in [6, 6.07) is 21.8. The summed E-state index contributed by atoms with van der Waals surface area (Å²) in [5.74, 6) is 0.517. The first-order chi connectivity index (χ1) is 20.6. The molecule has 0 aromatic heterocycles. The molecule has 4 aliphatic carbocycles. The Balaban J connectivity index is 1.56. The van der Waals surface area contributed by atoms with Crippen LogP contribution in [0.15, 0.2) is 86.9 Å². The fourth-order valence-electron chi connectivity index (χ4n) is 9.07. The third-order valence-electron chi connectivity index (χ3n) is 10.9. The van der Waals surface area contributed by atoms with Crippen molar-refractivity contribution < 1.29 is 21.3 Å². The molecule has 3 aromatic carbocycles. The molecule has 0 radical (unpaired) electrons. The number of benzene rings is 3. The van der Waals surface area contributed by atoms with Gasteiger partial charge < -0.3 is 0 Å². The third kappa shape index (κ3) is 4.57. The Morgan fingerprint density at radius 1 is 0.705 bits per heavy atom. The SMILES string of the molecule is CC1=CC(C)(C)c2cc3c(cc21)-c1cc2c(cc1[CH]3[Zr](=[CH]c1ccccc1)[C]1=C(C)C([Si](C)(C)C)=CC1C)C(C)(C)C=C2C. The molecular weight excluding hydrogens is 624 g/mol. The van der Waals surface area contributed by atoms with Crippen LogP contribution in [0.3, 0.4) is 0 Å². The first-order valence-corrected chi connectivity index (χ1v) is 24.1. The van der Waals surface area contributed by atoms with Gasteiger partial charge in [-0.2, -0.15) is 0 Å². The molecule has 0 saturated carbocycles. The minimum absolute atomic E-state index is 0.0614. The van der Waals surface area contributed by atoms with Gasteiger partial charge in [-0.25, -0.2) is 0 Å². The van der Waals surface area contributed by atoms with Crippen molar-refractivity contribution in [2.24, 2.45) is 5.92 Å². The van der Waals surface area contributed by atoms with Gasteiger partial charge in [-0.3, -0.25) is 0 Å². The van der Waals surface area contributed by atoms with Gasteiger partial charge in [0.15, 0.2) is 0 Å². The predicted octanol–water partition coefficient (Wildman–Crippen LogP) is 11.3. The van der Waals surface area contributed by atoms with Gasteiger partial charge in [0.2, 0.25) is 0 Å². The van der Waals surface area contributed by atoms with E-state index in [4.69, 9.17) is 0 Å². The normalized spacial score (nSPS) is 21.6. The van der Waals surface area contributed by atoms with Crippen LogP contribution in [-0.2, 0) is 32.1 Å². The molecule has 0 fully saturated rings. The average molecular weight is 672 g/mol. The average Bonchev–Trinajstić information content (AvgIpc) is 3.57. The summed E-state index contributed by atoms with van der Waals surface area (Å²) >= 11 is -2.58. The van der Waals surface area contributed by atoms with Crippen LogP contribution in [0.1, 0.15) is 98.0 Å². The van der Waals surface area contributed by atoms with Crippen LogP contribution in [0, 0.1) is 5.92 Å². The van der Waals surface area contributed by atoms with Crippen LogP contribution < -0.4 is 0 Å². The van der Waals surface area contributed by atoms with Crippen molar-refractivity contribution in [3.8, 4) is 11.1 Å². The molecular formula is C42H48SiZr. The van der Waals surface area contributed by atoms with Gasteiger partial charge in [0.1, 0.15) is 0 Å². The summed E-state index contributed by atoms with van der Waals surface area (Å²) in [5.41, 5.74) is 18.2. The van der Waals surface area contributed by atoms with Gasteiger partial charge in [-0.1, -0.05) is 0 Å². The summed E-state index contributed by atoms with van der Waals surface area (Å²) in [7, 11) is -1.47. The maximum absolute atomic E-state index is 2.81. The van der Waals surface area contributed by atoms with Gasteiger partial charge in [0.05, 0.1) is 0 Å². The van der Waals surface area contributed by atoms with Crippen LogP contribution in [0.4, 0.5) is 0 Å². The molecule has 1 atom stereocenters. The van der Waals surface area contributed by atoms with Gasteiger partial charge in [-0.05, 0) is 0 Å². The topological polar surface area (TPSA) is 0 Å². The van der Waals surface area contributed by atoms with E-state index in [1.54, 1.807) is 21.9 Å². The molecule has 44 heavy (non-hydrogen) atoms. The molecule has 0 saturated heterocycles. The Kier molecular flexibility index (Phi) is 6.91. The number of rotatable bonds is 4. The maximum atomic E-state index is 2.81. The molecule has 0 nitrogen and oxygen atoms in total. The van der Waals surface area contributed by atoms with E-state index in [9.17, 15) is 0 Å². The summed E-state index contributed by atoms with van der Waals surface area (Å²) < 4.78 is 5.10. The molecule has 0 heterocycles. The van der Waals surface area contributed by atoms with Gasteiger partial charge in [0, 0.05) is 0 Å². The predicted molar refractivity (Wildman–Crippen MR) is 192 cm³/mol. The van der Waals surface area contributed by atoms with E-state index in [2.05, 4.69) is 152 Å². The molecule has 2 heteroatoms. The van der Waals surface area contributed by atoms with E-state index >= 15 is 0 Å². The molecule has 0 N–H and O–H groups in total. The monoisotopic (exact) mass is 670 g/mol. The zero-order valence-corrected chi connectivity index (χ0v) is 32.1. The second-order valence-corrected chi connectivity index (χ2v) is 26.9. The summed E-state index contributed by atoms with van der Waals surface area (Å²) in [4.78, 5) is 0. The standard InChI is InChI=1S/C25H25.C10H17Si.C7H6.Zr/c1-14-12-24(3,4)22-8-16-7-17-9-23-19(15(2)13-25(23,5)6)11-21(17)20(16)10-18(14)22;1-8-6-9(2)10(7-8)11(3,4)5;1-7-5-3-2-4-6-7;/h7-13H,1-6H3;7-8H,1-5H3;1-6H;. The first-order valence-electron chi connectivity index (χ1n) is 16.6. The summed E-state index contributed by atoms with van der Waals surface area (Å²) in [6.07, 6.45) is 7.66. The number of hydrogen-bond donors (Lipinski definition) is 0. The number of hydrogen-bond acceptors (Lipinski definition) is 0. The van der Waals surface area contributed by atoms with Crippen LogP contribution in [0.5, 0.6) is 0 Å². The number of allylic oxidation sites excluding steroid dienone is 8. The van der Waals surface area contributed by atoms with Crippen LogP contribution >= 0.6 is 0 Å². The molecule has 3 aromatic rings. The minimum atomic E-state index is -2.58. The molecule has 0 bridgehead atoms. The molecule has 0 spiro atoms. The Morgan fingerprint density at radius 2 is 1.20 bits per heavy atom. The van der Waals surface area contributed by atoms with Gasteiger partial charge in [0.25, 0.3) is 0 Å². The number of fused-ring (bicyclic) bond motifs is 5. The first kappa shape index (κ1) is 30.3. The Labute approximate surface area is 274 Å². The summed E-state index contributed by atoms with van der Waals surface area (Å²) in [5, 5.41) is 1.70. The van der Waals surface area contributed by atoms with E-state index in [0.29, 0.717) is 9.54 Å². The van der Waals surface area contributed by atoms with Crippen molar-refractivity contribution in [1.82, 2.24) is 0 Å². The molecule has 4 aliphatic rings. The fraction of sp³-hybridized carbons (Fsp3) is 0.357. The van der Waals surface area contributed by atoms with E-state index in [1.807, 2.05) is 3.28 Å². The van der Waals surface area contributed by atoms with Crippen molar-refractivity contribution in [2.75, 3.05) is 0 Å². The zero-order chi connectivity index (χ0) is 31.5. The van der Waals surface area contributed by atoms with Gasteiger partial charge in [-0.15, -0.1) is 0 Å². The van der Waals surface area contributed by atoms with E-state index < -0.39 is 29.3 Å². The van der Waals surface area contributed by atoms with E-state index in [-0.39, 0.29) is 10.8 Å². The van der Waals surface area contributed by atoms with Crippen molar-refractivity contribution in [1.29, 1.82) is 0 Å². The van der Waals surface area contributed by atoms with E-state index in [0.717, 1.165) is 0 Å². The molecule has 7 rings (SSSR count). The summed E-state index contributed by atoms with van der Waals surface area (Å²) in [6.45, 7) is 26.8. The fourth-order valence-corrected chi connectivity index (χ4v) is 20.0. The molecule has 1 unspecified atom stereocenters. The second-order valence-electron chi connectivity index (χ2n) is 16.2. The quantitative estimate of drug-likeness (QED) is 0.242. The van der Waals surface area contributed by atoms with Crippen LogP contribution in [-0.4, -0.2) is 11.8 Å². The van der Waals surface area contributed by atoms with Crippen molar-refractivity contribution in [3.63, 3.8) is 0 Å². The van der Waals surface area contributed by atoms with Crippen LogP contribution in [0.2, 0.25) is 19.6 Å². The van der Waals surface area contributed by atoms with Crippen molar-refractivity contribution in [2.45, 2.75) is 89.5 Å². The van der Waals surface area contributed by atoms with Crippen molar-refractivity contribution in [3.05, 3.63) is 126 Å². The zero-order valence-electron chi connectivity index (χ0n) is 28.7. The third-order valence-corrected chi connectivity index (χ3v) is 21.3. The van der Waals surface area contributed by atoms with Crippen molar-refractivity contribution >= 4 is 22.9 Å². The van der Waals surface area contributed by atoms with Gasteiger partial charge >= 0.3 is 277 Å². The Bertz CT molecular complexity index is 1830. The molecule has 224 valence electrons. The molecule has 0 aliphatic heterocycles. The second kappa shape index (κ2) is 10.0. The molecule has 0 amide bonds. The Morgan fingerprint density at radius 3 is 1.66 bits per heavy atom.